The average Bonchev–Trinajstić information content (AvgIpc) is 2.83. The van der Waals surface area contributed by atoms with Gasteiger partial charge in [-0.25, -0.2) is 0 Å². The number of hydrogen-bond acceptors (Lipinski definition) is 6. The smallest absolute Gasteiger partial charge is 0.127 e. The van der Waals surface area contributed by atoms with E-state index in [1.54, 1.807) is 0 Å². The van der Waals surface area contributed by atoms with Crippen LogP contribution in [-0.4, -0.2) is 66.1 Å². The van der Waals surface area contributed by atoms with Crippen molar-refractivity contribution in [2.24, 2.45) is 0 Å². The van der Waals surface area contributed by atoms with Crippen LogP contribution in [0.1, 0.15) is 11.1 Å². The first-order valence-corrected chi connectivity index (χ1v) is 10.6. The van der Waals surface area contributed by atoms with Gasteiger partial charge < -0.3 is 28.4 Å². The van der Waals surface area contributed by atoms with Crippen molar-refractivity contribution in [3.05, 3.63) is 47.5 Å². The first kappa shape index (κ1) is 23.7. The first-order chi connectivity index (χ1) is 15.8. The summed E-state index contributed by atoms with van der Waals surface area (Å²) < 4.78 is 34.1. The van der Waals surface area contributed by atoms with Crippen LogP contribution in [0.3, 0.4) is 0 Å². The van der Waals surface area contributed by atoms with Crippen molar-refractivity contribution < 1.29 is 28.4 Å². The molecule has 2 aromatic carbocycles. The number of terminal acetylenes is 2. The Labute approximate surface area is 189 Å². The Morgan fingerprint density at radius 3 is 1.19 bits per heavy atom. The van der Waals surface area contributed by atoms with Crippen LogP contribution in [0.15, 0.2) is 36.4 Å². The molecular formula is C26H28O6. The molecule has 1 heterocycles. The fourth-order valence-corrected chi connectivity index (χ4v) is 3.10. The Morgan fingerprint density at radius 2 is 0.844 bits per heavy atom. The van der Waals surface area contributed by atoms with Gasteiger partial charge in [-0.05, 0) is 36.4 Å². The largest absolute Gasteiger partial charge is 0.491 e. The normalized spacial score (nSPS) is 16.7. The Morgan fingerprint density at radius 1 is 0.500 bits per heavy atom. The number of hydrogen-bond donors (Lipinski definition) is 0. The minimum absolute atomic E-state index is 0.379. The SMILES string of the molecule is C#Cc1ccc2c(c1)-c1cc(C#C)ccc1OCCOCCOCCOCCOCCO2. The zero-order chi connectivity index (χ0) is 22.4. The standard InChI is InChI=1S/C26H28O6/c1-3-21-5-7-25-23(19-21)24-20-22(4-2)6-8-26(24)32-18-16-30-14-12-28-10-9-27-11-13-29-15-17-31-25/h1-2,5-8,19-20H,9-18H2. The van der Waals surface area contributed by atoms with E-state index < -0.39 is 0 Å². The van der Waals surface area contributed by atoms with E-state index in [2.05, 4.69) is 11.8 Å². The maximum atomic E-state index is 6.01. The molecule has 0 amide bonds. The van der Waals surface area contributed by atoms with Crippen molar-refractivity contribution >= 4 is 0 Å². The van der Waals surface area contributed by atoms with Gasteiger partial charge in [0.1, 0.15) is 24.7 Å². The molecule has 0 bridgehead atoms. The van der Waals surface area contributed by atoms with E-state index in [-0.39, 0.29) is 0 Å². The fraction of sp³-hybridized carbons (Fsp3) is 0.385. The highest BCUT2D eigenvalue weighted by atomic mass is 16.6. The lowest BCUT2D eigenvalue weighted by molar-refractivity contribution is -0.00705. The highest BCUT2D eigenvalue weighted by Gasteiger charge is 2.14. The van der Waals surface area contributed by atoms with Crippen LogP contribution >= 0.6 is 0 Å². The molecule has 0 unspecified atom stereocenters. The van der Waals surface area contributed by atoms with E-state index in [0.29, 0.717) is 77.6 Å². The molecule has 168 valence electrons. The molecule has 0 saturated heterocycles. The molecule has 0 radical (unpaired) electrons. The van der Waals surface area contributed by atoms with E-state index >= 15 is 0 Å². The van der Waals surface area contributed by atoms with Gasteiger partial charge in [-0.2, -0.15) is 0 Å². The van der Waals surface area contributed by atoms with E-state index in [1.807, 2.05) is 36.4 Å². The summed E-state index contributed by atoms with van der Waals surface area (Å²) >= 11 is 0. The second-order valence-corrected chi connectivity index (χ2v) is 6.86. The van der Waals surface area contributed by atoms with Crippen molar-refractivity contribution in [1.82, 2.24) is 0 Å². The monoisotopic (exact) mass is 436 g/mol. The summed E-state index contributed by atoms with van der Waals surface area (Å²) in [5.41, 5.74) is 3.07. The van der Waals surface area contributed by atoms with Gasteiger partial charge in [-0.1, -0.05) is 11.8 Å². The quantitative estimate of drug-likeness (QED) is 0.592. The Bertz CT molecular complexity index is 863. The highest BCUT2D eigenvalue weighted by Crippen LogP contribution is 2.38. The number of rotatable bonds is 0. The molecule has 0 spiro atoms. The lowest BCUT2D eigenvalue weighted by atomic mass is 9.99. The van der Waals surface area contributed by atoms with E-state index in [9.17, 15) is 0 Å². The van der Waals surface area contributed by atoms with Crippen molar-refractivity contribution in [3.8, 4) is 47.3 Å². The molecule has 1 aliphatic heterocycles. The maximum Gasteiger partial charge on any atom is 0.127 e. The zero-order valence-corrected chi connectivity index (χ0v) is 18.1. The number of ether oxygens (including phenoxy) is 6. The van der Waals surface area contributed by atoms with Gasteiger partial charge in [0.2, 0.25) is 0 Å². The van der Waals surface area contributed by atoms with Gasteiger partial charge in [-0.15, -0.1) is 12.8 Å². The molecule has 0 fully saturated rings. The van der Waals surface area contributed by atoms with E-state index in [1.165, 1.54) is 0 Å². The molecule has 0 atom stereocenters. The molecule has 0 N–H and O–H groups in total. The summed E-state index contributed by atoms with van der Waals surface area (Å²) in [5.74, 6) is 6.69. The van der Waals surface area contributed by atoms with Gasteiger partial charge in [0.25, 0.3) is 0 Å². The molecule has 32 heavy (non-hydrogen) atoms. The average molecular weight is 437 g/mol. The summed E-state index contributed by atoms with van der Waals surface area (Å²) in [7, 11) is 0. The first-order valence-electron chi connectivity index (χ1n) is 10.6. The third-order valence-electron chi connectivity index (χ3n) is 4.67. The van der Waals surface area contributed by atoms with Crippen LogP contribution < -0.4 is 9.47 Å². The van der Waals surface area contributed by atoms with Crippen LogP contribution in [0.2, 0.25) is 0 Å². The molecule has 0 aromatic heterocycles. The van der Waals surface area contributed by atoms with Crippen molar-refractivity contribution in [3.63, 3.8) is 0 Å². The van der Waals surface area contributed by atoms with Crippen LogP contribution in [0.25, 0.3) is 11.1 Å². The maximum absolute atomic E-state index is 6.01. The summed E-state index contributed by atoms with van der Waals surface area (Å²) in [6, 6.07) is 11.2. The molecule has 0 aliphatic carbocycles. The lowest BCUT2D eigenvalue weighted by Crippen LogP contribution is -2.15. The number of fused-ring (bicyclic) bond motifs is 3. The number of benzene rings is 2. The van der Waals surface area contributed by atoms with E-state index in [0.717, 1.165) is 22.3 Å². The Kier molecular flexibility index (Phi) is 9.92. The molecule has 6 heteroatoms. The van der Waals surface area contributed by atoms with Crippen molar-refractivity contribution in [2.75, 3.05) is 66.1 Å². The minimum atomic E-state index is 0.379. The fourth-order valence-electron chi connectivity index (χ4n) is 3.10. The molecule has 3 rings (SSSR count). The van der Waals surface area contributed by atoms with Crippen LogP contribution in [0.4, 0.5) is 0 Å². The predicted molar refractivity (Wildman–Crippen MR) is 122 cm³/mol. The Balaban J connectivity index is 1.84. The van der Waals surface area contributed by atoms with Gasteiger partial charge in [0, 0.05) is 22.3 Å². The molecule has 2 aromatic rings. The van der Waals surface area contributed by atoms with Gasteiger partial charge >= 0.3 is 0 Å². The van der Waals surface area contributed by atoms with Gasteiger partial charge in [0.15, 0.2) is 0 Å². The van der Waals surface area contributed by atoms with Crippen LogP contribution in [0.5, 0.6) is 11.5 Å². The van der Waals surface area contributed by atoms with Crippen LogP contribution in [-0.2, 0) is 18.9 Å². The van der Waals surface area contributed by atoms with Crippen LogP contribution in [0, 0.1) is 24.7 Å². The summed E-state index contributed by atoms with van der Waals surface area (Å²) in [4.78, 5) is 0. The van der Waals surface area contributed by atoms with E-state index in [4.69, 9.17) is 41.3 Å². The van der Waals surface area contributed by atoms with Gasteiger partial charge in [0.05, 0.1) is 52.9 Å². The molecule has 0 saturated carbocycles. The summed E-state index contributed by atoms with van der Waals surface area (Å²) in [6.45, 7) is 4.63. The topological polar surface area (TPSA) is 55.4 Å². The molecule has 1 aliphatic rings. The Hall–Kier alpha value is -3.00. The molecular weight excluding hydrogens is 408 g/mol. The highest BCUT2D eigenvalue weighted by molar-refractivity contribution is 5.78. The summed E-state index contributed by atoms with van der Waals surface area (Å²) in [6.07, 6.45) is 11.3. The summed E-state index contributed by atoms with van der Waals surface area (Å²) in [5, 5.41) is 0. The minimum Gasteiger partial charge on any atom is -0.491 e. The molecule has 6 nitrogen and oxygen atoms in total. The van der Waals surface area contributed by atoms with Crippen molar-refractivity contribution in [1.29, 1.82) is 0 Å². The lowest BCUT2D eigenvalue weighted by Gasteiger charge is -2.17. The van der Waals surface area contributed by atoms with Crippen molar-refractivity contribution in [2.45, 2.75) is 0 Å². The third kappa shape index (κ3) is 7.30. The second-order valence-electron chi connectivity index (χ2n) is 6.86. The zero-order valence-electron chi connectivity index (χ0n) is 18.1. The third-order valence-corrected chi connectivity index (χ3v) is 4.67. The second kappa shape index (κ2) is 13.4. The predicted octanol–water partition coefficient (Wildman–Crippen LogP) is 3.15. The van der Waals surface area contributed by atoms with Gasteiger partial charge in [-0.3, -0.25) is 0 Å².